The van der Waals surface area contributed by atoms with Crippen LogP contribution in [0.2, 0.25) is 0 Å². The van der Waals surface area contributed by atoms with E-state index in [-0.39, 0.29) is 24.5 Å². The Bertz CT molecular complexity index is 544. The van der Waals surface area contributed by atoms with Crippen molar-refractivity contribution in [3.05, 3.63) is 35.4 Å². The summed E-state index contributed by atoms with van der Waals surface area (Å²) in [5, 5.41) is 9.08. The molecular formula is C14H21NO4S. The topological polar surface area (TPSA) is 75.6 Å². The van der Waals surface area contributed by atoms with Gasteiger partial charge in [-0.2, -0.15) is 0 Å². The minimum absolute atomic E-state index is 0.0337. The van der Waals surface area contributed by atoms with Gasteiger partial charge in [0.25, 0.3) is 0 Å². The Morgan fingerprint density at radius 1 is 1.35 bits per heavy atom. The summed E-state index contributed by atoms with van der Waals surface area (Å²) < 4.78 is 32.4. The number of hydrogen-bond donors (Lipinski definition) is 2. The third kappa shape index (κ3) is 4.02. The predicted molar refractivity (Wildman–Crippen MR) is 76.6 cm³/mol. The van der Waals surface area contributed by atoms with Crippen LogP contribution in [0.1, 0.15) is 30.4 Å². The molecule has 2 atom stereocenters. The van der Waals surface area contributed by atoms with Crippen LogP contribution in [0.15, 0.2) is 24.3 Å². The van der Waals surface area contributed by atoms with Crippen molar-refractivity contribution < 1.29 is 18.3 Å². The van der Waals surface area contributed by atoms with Gasteiger partial charge < -0.3 is 9.84 Å². The number of benzene rings is 1. The largest absolute Gasteiger partial charge is 0.392 e. The highest BCUT2D eigenvalue weighted by molar-refractivity contribution is 7.88. The molecule has 6 heteroatoms. The molecule has 0 radical (unpaired) electrons. The highest BCUT2D eigenvalue weighted by atomic mass is 32.2. The number of rotatable bonds is 6. The first kappa shape index (κ1) is 15.4. The molecular weight excluding hydrogens is 278 g/mol. The maximum atomic E-state index is 12.2. The molecule has 1 aliphatic rings. The van der Waals surface area contributed by atoms with E-state index >= 15 is 0 Å². The Morgan fingerprint density at radius 2 is 2.10 bits per heavy atom. The Hall–Kier alpha value is -0.950. The van der Waals surface area contributed by atoms with Gasteiger partial charge in [0.2, 0.25) is 10.0 Å². The van der Waals surface area contributed by atoms with Crippen LogP contribution in [0, 0.1) is 0 Å². The Morgan fingerprint density at radius 3 is 2.80 bits per heavy atom. The van der Waals surface area contributed by atoms with E-state index in [2.05, 4.69) is 4.72 Å². The molecule has 0 bridgehead atoms. The molecule has 0 spiro atoms. The van der Waals surface area contributed by atoms with E-state index in [0.717, 1.165) is 19.3 Å². The monoisotopic (exact) mass is 299 g/mol. The number of nitrogens with one attached hydrogen (secondary N) is 1. The Kier molecular flexibility index (Phi) is 5.15. The lowest BCUT2D eigenvalue weighted by atomic mass is 10.1. The van der Waals surface area contributed by atoms with Crippen LogP contribution in [0.5, 0.6) is 0 Å². The minimum Gasteiger partial charge on any atom is -0.392 e. The van der Waals surface area contributed by atoms with Crippen molar-refractivity contribution in [2.45, 2.75) is 43.8 Å². The van der Waals surface area contributed by atoms with E-state index in [1.807, 2.05) is 0 Å². The summed E-state index contributed by atoms with van der Waals surface area (Å²) in [6.07, 6.45) is 2.65. The predicted octanol–water partition coefficient (Wildman–Crippen LogP) is 1.17. The normalized spacial score (nSPS) is 23.1. The van der Waals surface area contributed by atoms with Crippen LogP contribution in [0.3, 0.4) is 0 Å². The van der Waals surface area contributed by atoms with Crippen LogP contribution in [-0.2, 0) is 27.1 Å². The second-order valence-corrected chi connectivity index (χ2v) is 6.92. The SMILES string of the molecule is COC1CCCC1NS(=O)(=O)Cc1cccc(CO)c1. The van der Waals surface area contributed by atoms with Crippen molar-refractivity contribution in [2.24, 2.45) is 0 Å². The van der Waals surface area contributed by atoms with E-state index in [1.165, 1.54) is 0 Å². The van der Waals surface area contributed by atoms with Crippen molar-refractivity contribution >= 4 is 10.0 Å². The van der Waals surface area contributed by atoms with Gasteiger partial charge in [-0.25, -0.2) is 13.1 Å². The molecule has 1 aliphatic carbocycles. The van der Waals surface area contributed by atoms with Gasteiger partial charge in [0.15, 0.2) is 0 Å². The van der Waals surface area contributed by atoms with Gasteiger partial charge in [-0.15, -0.1) is 0 Å². The second-order valence-electron chi connectivity index (χ2n) is 5.17. The van der Waals surface area contributed by atoms with Crippen LogP contribution < -0.4 is 4.72 Å². The van der Waals surface area contributed by atoms with Crippen LogP contribution >= 0.6 is 0 Å². The fourth-order valence-electron chi connectivity index (χ4n) is 2.65. The quantitative estimate of drug-likeness (QED) is 0.826. The molecule has 0 heterocycles. The van der Waals surface area contributed by atoms with Gasteiger partial charge in [0.1, 0.15) is 0 Å². The van der Waals surface area contributed by atoms with Gasteiger partial charge in [0.05, 0.1) is 18.5 Å². The van der Waals surface area contributed by atoms with E-state index < -0.39 is 10.0 Å². The number of aliphatic hydroxyl groups excluding tert-OH is 1. The lowest BCUT2D eigenvalue weighted by molar-refractivity contribution is 0.0916. The van der Waals surface area contributed by atoms with Gasteiger partial charge >= 0.3 is 0 Å². The summed E-state index contributed by atoms with van der Waals surface area (Å²) in [6.45, 7) is -0.0876. The lowest BCUT2D eigenvalue weighted by Gasteiger charge is -2.19. The minimum atomic E-state index is -3.40. The highest BCUT2D eigenvalue weighted by Crippen LogP contribution is 2.22. The molecule has 0 amide bonds. The number of methoxy groups -OCH3 is 1. The van der Waals surface area contributed by atoms with Crippen molar-refractivity contribution in [3.8, 4) is 0 Å². The van der Waals surface area contributed by atoms with Crippen molar-refractivity contribution in [2.75, 3.05) is 7.11 Å². The van der Waals surface area contributed by atoms with Crippen LogP contribution in [0.4, 0.5) is 0 Å². The Labute approximate surface area is 120 Å². The third-order valence-electron chi connectivity index (χ3n) is 3.62. The standard InChI is InChI=1S/C14H21NO4S/c1-19-14-7-3-6-13(14)15-20(17,18)10-12-5-2-4-11(8-12)9-16/h2,4-5,8,13-16H,3,6-7,9-10H2,1H3. The zero-order valence-electron chi connectivity index (χ0n) is 11.6. The zero-order valence-corrected chi connectivity index (χ0v) is 12.4. The summed E-state index contributed by atoms with van der Waals surface area (Å²) >= 11 is 0. The maximum absolute atomic E-state index is 12.2. The van der Waals surface area contributed by atoms with E-state index in [1.54, 1.807) is 31.4 Å². The molecule has 2 unspecified atom stereocenters. The molecule has 1 saturated carbocycles. The molecule has 1 aromatic carbocycles. The molecule has 1 aromatic rings. The summed E-state index contributed by atoms with van der Waals surface area (Å²) in [5.41, 5.74) is 1.39. The molecule has 0 aliphatic heterocycles. The van der Waals surface area contributed by atoms with Crippen molar-refractivity contribution in [1.82, 2.24) is 4.72 Å². The maximum Gasteiger partial charge on any atom is 0.216 e. The fraction of sp³-hybridized carbons (Fsp3) is 0.571. The first-order chi connectivity index (χ1) is 9.54. The fourth-order valence-corrected chi connectivity index (χ4v) is 4.09. The first-order valence-corrected chi connectivity index (χ1v) is 8.41. The molecule has 1 fully saturated rings. The molecule has 0 aromatic heterocycles. The molecule has 0 saturated heterocycles. The van der Waals surface area contributed by atoms with E-state index in [4.69, 9.17) is 9.84 Å². The van der Waals surface area contributed by atoms with Gasteiger partial charge in [-0.1, -0.05) is 24.3 Å². The van der Waals surface area contributed by atoms with Gasteiger partial charge in [-0.05, 0) is 30.4 Å². The number of hydrogen-bond acceptors (Lipinski definition) is 4. The van der Waals surface area contributed by atoms with Gasteiger partial charge in [0, 0.05) is 13.2 Å². The lowest BCUT2D eigenvalue weighted by Crippen LogP contribution is -2.41. The third-order valence-corrected chi connectivity index (χ3v) is 4.99. The molecule has 112 valence electrons. The van der Waals surface area contributed by atoms with Crippen LogP contribution in [0.25, 0.3) is 0 Å². The Balaban J connectivity index is 2.03. The molecule has 20 heavy (non-hydrogen) atoms. The summed E-state index contributed by atoms with van der Waals surface area (Å²) in [7, 11) is -1.78. The number of ether oxygens (including phenoxy) is 1. The van der Waals surface area contributed by atoms with Gasteiger partial charge in [-0.3, -0.25) is 0 Å². The summed E-state index contributed by atoms with van der Waals surface area (Å²) in [4.78, 5) is 0. The van der Waals surface area contributed by atoms with Crippen molar-refractivity contribution in [1.29, 1.82) is 0 Å². The molecule has 5 nitrogen and oxygen atoms in total. The number of sulfonamides is 1. The number of aliphatic hydroxyl groups is 1. The van der Waals surface area contributed by atoms with Crippen molar-refractivity contribution in [3.63, 3.8) is 0 Å². The zero-order chi connectivity index (χ0) is 14.6. The first-order valence-electron chi connectivity index (χ1n) is 6.75. The van der Waals surface area contributed by atoms with E-state index in [9.17, 15) is 8.42 Å². The van der Waals surface area contributed by atoms with Crippen LogP contribution in [-0.4, -0.2) is 32.8 Å². The summed E-state index contributed by atoms with van der Waals surface area (Å²) in [5.74, 6) is -0.0756. The van der Waals surface area contributed by atoms with E-state index in [0.29, 0.717) is 11.1 Å². The highest BCUT2D eigenvalue weighted by Gasteiger charge is 2.30. The second kappa shape index (κ2) is 6.67. The average Bonchev–Trinajstić information content (AvgIpc) is 2.84. The average molecular weight is 299 g/mol. The smallest absolute Gasteiger partial charge is 0.216 e. The summed E-state index contributed by atoms with van der Waals surface area (Å²) in [6, 6.07) is 6.85. The molecule has 2 rings (SSSR count). The molecule has 2 N–H and O–H groups in total.